The highest BCUT2D eigenvalue weighted by Gasteiger charge is 2.16. The number of rotatable bonds is 6. The zero-order valence-electron chi connectivity index (χ0n) is 11.3. The average Bonchev–Trinajstić information content (AvgIpc) is 2.45. The van der Waals surface area contributed by atoms with E-state index in [0.717, 1.165) is 17.3 Å². The van der Waals surface area contributed by atoms with Crippen molar-refractivity contribution in [3.63, 3.8) is 0 Å². The Hall–Kier alpha value is -2.14. The first-order chi connectivity index (χ1) is 9.65. The van der Waals surface area contributed by atoms with Gasteiger partial charge in [0, 0.05) is 18.0 Å². The SMILES string of the molecule is CCC(CCO)Nc1nc2ccccc2cc1C(=O)O. The molecule has 0 aliphatic rings. The molecule has 0 saturated heterocycles. The van der Waals surface area contributed by atoms with Gasteiger partial charge in [0.2, 0.25) is 0 Å². The fourth-order valence-corrected chi connectivity index (χ4v) is 2.12. The predicted molar refractivity (Wildman–Crippen MR) is 78.1 cm³/mol. The molecule has 0 aliphatic heterocycles. The van der Waals surface area contributed by atoms with E-state index in [1.54, 1.807) is 6.07 Å². The van der Waals surface area contributed by atoms with Crippen molar-refractivity contribution in [1.29, 1.82) is 0 Å². The number of para-hydroxylation sites is 1. The number of benzene rings is 1. The van der Waals surface area contributed by atoms with Crippen LogP contribution in [0.15, 0.2) is 30.3 Å². The number of aliphatic hydroxyl groups excluding tert-OH is 1. The zero-order chi connectivity index (χ0) is 14.5. The molecule has 1 aromatic carbocycles. The minimum absolute atomic E-state index is 0.00626. The van der Waals surface area contributed by atoms with Crippen LogP contribution in [-0.4, -0.2) is 33.8 Å². The van der Waals surface area contributed by atoms with E-state index in [4.69, 9.17) is 5.11 Å². The van der Waals surface area contributed by atoms with Crippen molar-refractivity contribution in [3.8, 4) is 0 Å². The van der Waals surface area contributed by atoms with Crippen molar-refractivity contribution in [2.45, 2.75) is 25.8 Å². The summed E-state index contributed by atoms with van der Waals surface area (Å²) < 4.78 is 0. The van der Waals surface area contributed by atoms with E-state index in [1.165, 1.54) is 0 Å². The van der Waals surface area contributed by atoms with Gasteiger partial charge >= 0.3 is 5.97 Å². The van der Waals surface area contributed by atoms with Crippen LogP contribution in [0.3, 0.4) is 0 Å². The molecule has 2 aromatic rings. The molecule has 1 atom stereocenters. The molecule has 1 unspecified atom stereocenters. The molecule has 20 heavy (non-hydrogen) atoms. The lowest BCUT2D eigenvalue weighted by Crippen LogP contribution is -2.22. The van der Waals surface area contributed by atoms with E-state index in [1.807, 2.05) is 31.2 Å². The molecule has 1 aromatic heterocycles. The summed E-state index contributed by atoms with van der Waals surface area (Å²) in [5, 5.41) is 22.2. The van der Waals surface area contributed by atoms with Crippen LogP contribution in [0.1, 0.15) is 30.1 Å². The molecule has 5 heteroatoms. The highest BCUT2D eigenvalue weighted by atomic mass is 16.4. The van der Waals surface area contributed by atoms with Crippen molar-refractivity contribution in [2.24, 2.45) is 0 Å². The van der Waals surface area contributed by atoms with E-state index in [9.17, 15) is 9.90 Å². The smallest absolute Gasteiger partial charge is 0.339 e. The molecule has 0 fully saturated rings. The molecular formula is C15H18N2O3. The Morgan fingerprint density at radius 1 is 1.40 bits per heavy atom. The number of fused-ring (bicyclic) bond motifs is 1. The molecule has 0 aliphatic carbocycles. The number of aromatic carboxylic acids is 1. The fourth-order valence-electron chi connectivity index (χ4n) is 2.12. The number of aliphatic hydroxyl groups is 1. The molecular weight excluding hydrogens is 256 g/mol. The van der Waals surface area contributed by atoms with Crippen molar-refractivity contribution in [1.82, 2.24) is 4.98 Å². The molecule has 5 nitrogen and oxygen atoms in total. The second-order valence-corrected chi connectivity index (χ2v) is 4.64. The second kappa shape index (κ2) is 6.34. The number of carboxylic acid groups (broad SMARTS) is 1. The van der Waals surface area contributed by atoms with E-state index < -0.39 is 5.97 Å². The minimum atomic E-state index is -1.01. The lowest BCUT2D eigenvalue weighted by atomic mass is 10.1. The summed E-state index contributed by atoms with van der Waals surface area (Å²) >= 11 is 0. The van der Waals surface area contributed by atoms with Gasteiger partial charge in [0.1, 0.15) is 11.4 Å². The highest BCUT2D eigenvalue weighted by molar-refractivity contribution is 5.98. The number of nitrogens with zero attached hydrogens (tertiary/aromatic N) is 1. The molecule has 2 rings (SSSR count). The zero-order valence-corrected chi connectivity index (χ0v) is 11.3. The minimum Gasteiger partial charge on any atom is -0.478 e. The first-order valence-corrected chi connectivity index (χ1v) is 6.66. The second-order valence-electron chi connectivity index (χ2n) is 4.64. The van der Waals surface area contributed by atoms with Crippen LogP contribution in [0.25, 0.3) is 10.9 Å². The van der Waals surface area contributed by atoms with Gasteiger partial charge in [-0.3, -0.25) is 0 Å². The van der Waals surface area contributed by atoms with Gasteiger partial charge in [-0.2, -0.15) is 0 Å². The lowest BCUT2D eigenvalue weighted by Gasteiger charge is -2.18. The first-order valence-electron chi connectivity index (χ1n) is 6.66. The fraction of sp³-hybridized carbons (Fsp3) is 0.333. The van der Waals surface area contributed by atoms with Gasteiger partial charge in [-0.25, -0.2) is 9.78 Å². The van der Waals surface area contributed by atoms with Crippen LogP contribution < -0.4 is 5.32 Å². The molecule has 0 amide bonds. The lowest BCUT2D eigenvalue weighted by molar-refractivity contribution is 0.0697. The summed E-state index contributed by atoms with van der Waals surface area (Å²) in [5.41, 5.74) is 0.902. The van der Waals surface area contributed by atoms with Crippen LogP contribution in [0.4, 0.5) is 5.82 Å². The monoisotopic (exact) mass is 274 g/mol. The first kappa shape index (κ1) is 14.3. The van der Waals surface area contributed by atoms with Gasteiger partial charge in [0.15, 0.2) is 0 Å². The molecule has 0 spiro atoms. The van der Waals surface area contributed by atoms with Gasteiger partial charge < -0.3 is 15.5 Å². The number of hydrogen-bond donors (Lipinski definition) is 3. The van der Waals surface area contributed by atoms with E-state index in [2.05, 4.69) is 10.3 Å². The number of nitrogens with one attached hydrogen (secondary N) is 1. The Morgan fingerprint density at radius 2 is 2.15 bits per heavy atom. The van der Waals surface area contributed by atoms with Crippen molar-refractivity contribution >= 4 is 22.7 Å². The third-order valence-electron chi connectivity index (χ3n) is 3.27. The number of pyridine rings is 1. The molecule has 106 valence electrons. The van der Waals surface area contributed by atoms with Crippen LogP contribution in [-0.2, 0) is 0 Å². The van der Waals surface area contributed by atoms with Gasteiger partial charge in [0.05, 0.1) is 5.52 Å². The van der Waals surface area contributed by atoms with E-state index in [0.29, 0.717) is 12.2 Å². The molecule has 1 heterocycles. The number of hydrogen-bond acceptors (Lipinski definition) is 4. The molecule has 3 N–H and O–H groups in total. The maximum absolute atomic E-state index is 11.4. The number of anilines is 1. The summed E-state index contributed by atoms with van der Waals surface area (Å²) in [6, 6.07) is 9.03. The molecule has 0 radical (unpaired) electrons. The maximum Gasteiger partial charge on any atom is 0.339 e. The number of aromatic nitrogens is 1. The third kappa shape index (κ3) is 3.05. The third-order valence-corrected chi connectivity index (χ3v) is 3.27. The highest BCUT2D eigenvalue weighted by Crippen LogP contribution is 2.22. The largest absolute Gasteiger partial charge is 0.478 e. The van der Waals surface area contributed by atoms with Crippen molar-refractivity contribution in [2.75, 3.05) is 11.9 Å². The van der Waals surface area contributed by atoms with Crippen LogP contribution in [0, 0.1) is 0 Å². The maximum atomic E-state index is 11.4. The molecule has 0 bridgehead atoms. The average molecular weight is 274 g/mol. The number of carboxylic acids is 1. The van der Waals surface area contributed by atoms with Crippen LogP contribution in [0.5, 0.6) is 0 Å². The quantitative estimate of drug-likeness (QED) is 0.754. The Bertz CT molecular complexity index is 613. The number of carbonyl (C=O) groups is 1. The van der Waals surface area contributed by atoms with Crippen molar-refractivity contribution < 1.29 is 15.0 Å². The summed E-state index contributed by atoms with van der Waals surface area (Å²) in [7, 11) is 0. The summed E-state index contributed by atoms with van der Waals surface area (Å²) in [6.07, 6.45) is 1.35. The Kier molecular flexibility index (Phi) is 4.53. The van der Waals surface area contributed by atoms with E-state index in [-0.39, 0.29) is 18.2 Å². The summed E-state index contributed by atoms with van der Waals surface area (Å²) in [5.74, 6) is -0.652. The van der Waals surface area contributed by atoms with Gasteiger partial charge in [-0.15, -0.1) is 0 Å². The van der Waals surface area contributed by atoms with Gasteiger partial charge in [-0.1, -0.05) is 25.1 Å². The van der Waals surface area contributed by atoms with Crippen LogP contribution in [0.2, 0.25) is 0 Å². The summed E-state index contributed by atoms with van der Waals surface area (Å²) in [6.45, 7) is 2.04. The predicted octanol–water partition coefficient (Wildman–Crippen LogP) is 2.51. The summed E-state index contributed by atoms with van der Waals surface area (Å²) in [4.78, 5) is 15.8. The Labute approximate surface area is 117 Å². The molecule has 0 saturated carbocycles. The van der Waals surface area contributed by atoms with E-state index >= 15 is 0 Å². The Balaban J connectivity index is 2.43. The van der Waals surface area contributed by atoms with Gasteiger partial charge in [-0.05, 0) is 25.0 Å². The normalized spacial score (nSPS) is 12.3. The van der Waals surface area contributed by atoms with Crippen LogP contribution >= 0.6 is 0 Å². The Morgan fingerprint density at radius 3 is 2.80 bits per heavy atom. The van der Waals surface area contributed by atoms with Crippen molar-refractivity contribution in [3.05, 3.63) is 35.9 Å². The standard InChI is InChI=1S/C15H18N2O3/c1-2-11(7-8-18)16-14-12(15(19)20)9-10-5-3-4-6-13(10)17-14/h3-6,9,11,18H,2,7-8H2,1H3,(H,16,17)(H,19,20). The van der Waals surface area contributed by atoms with Gasteiger partial charge in [0.25, 0.3) is 0 Å². The topological polar surface area (TPSA) is 82.5 Å².